The first-order valence-corrected chi connectivity index (χ1v) is 10.1. The summed E-state index contributed by atoms with van der Waals surface area (Å²) in [5.41, 5.74) is 1.47. The molecule has 2 aromatic rings. The number of carbonyl (C=O) groups is 2. The van der Waals surface area contributed by atoms with Gasteiger partial charge in [0.2, 0.25) is 0 Å². The lowest BCUT2D eigenvalue weighted by Gasteiger charge is -2.25. The average Bonchev–Trinajstić information content (AvgIpc) is 2.71. The minimum absolute atomic E-state index is 0.0301. The molecule has 28 heavy (non-hydrogen) atoms. The fourth-order valence-electron chi connectivity index (χ4n) is 2.82. The molecule has 1 aromatic carbocycles. The Hall–Kier alpha value is -2.42. The van der Waals surface area contributed by atoms with Crippen molar-refractivity contribution in [3.63, 3.8) is 0 Å². The molecule has 1 amide bonds. The Balaban J connectivity index is 1.62. The smallest absolute Gasteiger partial charge is 0.311 e. The molecule has 2 heterocycles. The number of esters is 1. The molecule has 1 aliphatic rings. The van der Waals surface area contributed by atoms with E-state index in [1.165, 1.54) is 0 Å². The number of nitrogens with zero attached hydrogens (tertiary/aromatic N) is 2. The fraction of sp³-hybridized carbons (Fsp3) is 0.350. The van der Waals surface area contributed by atoms with Crippen molar-refractivity contribution in [1.29, 1.82) is 0 Å². The molecular weight excluding hydrogens is 376 g/mol. The number of anilines is 1. The van der Waals surface area contributed by atoms with Crippen molar-refractivity contribution in [3.8, 4) is 0 Å². The van der Waals surface area contributed by atoms with Crippen molar-refractivity contribution in [2.45, 2.75) is 18.2 Å². The molecule has 8 heteroatoms. The van der Waals surface area contributed by atoms with Gasteiger partial charge >= 0.3 is 5.97 Å². The summed E-state index contributed by atoms with van der Waals surface area (Å²) < 4.78 is 7.27. The summed E-state index contributed by atoms with van der Waals surface area (Å²) in [6.45, 7) is 6.06. The first kappa shape index (κ1) is 20.3. The third-order valence-corrected chi connectivity index (χ3v) is 5.28. The van der Waals surface area contributed by atoms with Crippen LogP contribution in [0.3, 0.4) is 0 Å². The Kier molecular flexibility index (Phi) is 7.41. The van der Waals surface area contributed by atoms with E-state index in [-0.39, 0.29) is 12.3 Å². The van der Waals surface area contributed by atoms with Crippen LogP contribution in [0.5, 0.6) is 0 Å². The van der Waals surface area contributed by atoms with Gasteiger partial charge in [-0.2, -0.15) is 0 Å². The lowest BCUT2D eigenvalue weighted by atomic mass is 10.1. The maximum absolute atomic E-state index is 12.7. The zero-order chi connectivity index (χ0) is 19.8. The predicted octanol–water partition coefficient (Wildman–Crippen LogP) is 2.35. The molecule has 1 aliphatic heterocycles. The lowest BCUT2D eigenvalue weighted by molar-refractivity contribution is -0.142. The van der Waals surface area contributed by atoms with Gasteiger partial charge in [-0.1, -0.05) is 0 Å². The number of carbonyl (C=O) groups excluding carboxylic acids is 2. The van der Waals surface area contributed by atoms with E-state index in [4.69, 9.17) is 4.74 Å². The molecule has 0 spiro atoms. The van der Waals surface area contributed by atoms with Crippen LogP contribution < -0.4 is 10.6 Å². The maximum atomic E-state index is 12.7. The third-order valence-electron chi connectivity index (χ3n) is 4.17. The van der Waals surface area contributed by atoms with Gasteiger partial charge in [-0.05, 0) is 55.3 Å². The Labute approximate surface area is 169 Å². The van der Waals surface area contributed by atoms with Crippen molar-refractivity contribution in [2.75, 3.05) is 38.1 Å². The third kappa shape index (κ3) is 5.79. The van der Waals surface area contributed by atoms with E-state index in [1.807, 2.05) is 24.3 Å². The molecule has 1 fully saturated rings. The van der Waals surface area contributed by atoms with Gasteiger partial charge in [0.15, 0.2) is 0 Å². The van der Waals surface area contributed by atoms with Gasteiger partial charge in [-0.15, -0.1) is 0 Å². The summed E-state index contributed by atoms with van der Waals surface area (Å²) in [5.74, 6) is -0.695. The second-order valence-electron chi connectivity index (χ2n) is 6.23. The van der Waals surface area contributed by atoms with Crippen LogP contribution in [-0.4, -0.2) is 54.0 Å². The van der Waals surface area contributed by atoms with Crippen LogP contribution in [0.4, 0.5) is 5.69 Å². The summed E-state index contributed by atoms with van der Waals surface area (Å²) in [6.07, 6.45) is 1.53. The molecule has 0 bridgehead atoms. The van der Waals surface area contributed by atoms with E-state index in [2.05, 4.69) is 19.9 Å². The molecule has 0 aliphatic carbocycles. The summed E-state index contributed by atoms with van der Waals surface area (Å²) in [6, 6.07) is 11.1. The second kappa shape index (κ2) is 10.2. The zero-order valence-electron chi connectivity index (χ0n) is 15.8. The predicted molar refractivity (Wildman–Crippen MR) is 109 cm³/mol. The van der Waals surface area contributed by atoms with Crippen LogP contribution in [0, 0.1) is 0 Å². The molecule has 148 valence electrons. The highest BCUT2D eigenvalue weighted by molar-refractivity contribution is 7.97. The number of piperazine rings is 1. The van der Waals surface area contributed by atoms with Gasteiger partial charge < -0.3 is 15.4 Å². The maximum Gasteiger partial charge on any atom is 0.311 e. The molecule has 0 atom stereocenters. The SMILES string of the molecule is CCOC(=O)Cc1ncccc1C(=O)Nc1ccc(SN2CCNCC2)cc1. The molecule has 3 rings (SSSR count). The van der Waals surface area contributed by atoms with Crippen LogP contribution >= 0.6 is 11.9 Å². The van der Waals surface area contributed by atoms with E-state index in [1.54, 1.807) is 37.2 Å². The lowest BCUT2D eigenvalue weighted by Crippen LogP contribution is -2.39. The summed E-state index contributed by atoms with van der Waals surface area (Å²) in [7, 11) is 0. The number of amides is 1. The number of benzene rings is 1. The van der Waals surface area contributed by atoms with Crippen LogP contribution in [0.2, 0.25) is 0 Å². The van der Waals surface area contributed by atoms with E-state index in [0.29, 0.717) is 23.6 Å². The van der Waals surface area contributed by atoms with Gasteiger partial charge in [0.05, 0.1) is 24.3 Å². The van der Waals surface area contributed by atoms with Crippen molar-refractivity contribution in [3.05, 3.63) is 53.9 Å². The van der Waals surface area contributed by atoms with Crippen LogP contribution in [0.1, 0.15) is 23.0 Å². The van der Waals surface area contributed by atoms with Gasteiger partial charge in [0.1, 0.15) is 0 Å². The highest BCUT2D eigenvalue weighted by Crippen LogP contribution is 2.24. The highest BCUT2D eigenvalue weighted by Gasteiger charge is 2.16. The molecular formula is C20H24N4O3S. The number of rotatable bonds is 7. The zero-order valence-corrected chi connectivity index (χ0v) is 16.6. The van der Waals surface area contributed by atoms with Crippen LogP contribution in [0.15, 0.2) is 47.5 Å². The first-order valence-electron chi connectivity index (χ1n) is 9.30. The number of hydrogen-bond donors (Lipinski definition) is 2. The van der Waals surface area contributed by atoms with Gasteiger partial charge in [0.25, 0.3) is 5.91 Å². The number of aromatic nitrogens is 1. The summed E-state index contributed by atoms with van der Waals surface area (Å²) >= 11 is 1.72. The Morgan fingerprint density at radius 3 is 2.68 bits per heavy atom. The largest absolute Gasteiger partial charge is 0.466 e. The van der Waals surface area contributed by atoms with Crippen molar-refractivity contribution < 1.29 is 14.3 Å². The van der Waals surface area contributed by atoms with Gasteiger partial charge in [-0.3, -0.25) is 14.6 Å². The minimum atomic E-state index is -0.399. The monoisotopic (exact) mass is 400 g/mol. The first-order chi connectivity index (χ1) is 13.7. The van der Waals surface area contributed by atoms with E-state index < -0.39 is 5.97 Å². The van der Waals surface area contributed by atoms with E-state index >= 15 is 0 Å². The number of ether oxygens (including phenoxy) is 1. The van der Waals surface area contributed by atoms with Gasteiger partial charge in [-0.25, -0.2) is 4.31 Å². The molecule has 0 saturated carbocycles. The van der Waals surface area contributed by atoms with Crippen molar-refractivity contribution >= 4 is 29.5 Å². The van der Waals surface area contributed by atoms with Crippen LogP contribution in [0.25, 0.3) is 0 Å². The normalized spacial score (nSPS) is 14.5. The Morgan fingerprint density at radius 1 is 1.21 bits per heavy atom. The Morgan fingerprint density at radius 2 is 1.96 bits per heavy atom. The molecule has 1 aromatic heterocycles. The summed E-state index contributed by atoms with van der Waals surface area (Å²) in [4.78, 5) is 29.7. The summed E-state index contributed by atoms with van der Waals surface area (Å²) in [5, 5.41) is 6.20. The Bertz CT molecular complexity index is 807. The van der Waals surface area contributed by atoms with Gasteiger partial charge in [0, 0.05) is 43.0 Å². The standard InChI is InChI=1S/C20H24N4O3S/c1-2-27-19(25)14-18-17(4-3-9-22-18)20(26)23-15-5-7-16(8-6-15)28-24-12-10-21-11-13-24/h3-9,21H,2,10-14H2,1H3,(H,23,26). The highest BCUT2D eigenvalue weighted by atomic mass is 32.2. The number of nitrogens with one attached hydrogen (secondary N) is 2. The minimum Gasteiger partial charge on any atom is -0.466 e. The van der Waals surface area contributed by atoms with Crippen molar-refractivity contribution in [2.24, 2.45) is 0 Å². The molecule has 2 N–H and O–H groups in total. The number of pyridine rings is 1. The topological polar surface area (TPSA) is 83.6 Å². The second-order valence-corrected chi connectivity index (χ2v) is 7.40. The molecule has 0 unspecified atom stereocenters. The quantitative estimate of drug-likeness (QED) is 0.545. The average molecular weight is 401 g/mol. The molecule has 1 saturated heterocycles. The number of hydrogen-bond acceptors (Lipinski definition) is 7. The fourth-order valence-corrected chi connectivity index (χ4v) is 3.74. The molecule has 7 nitrogen and oxygen atoms in total. The van der Waals surface area contributed by atoms with Crippen molar-refractivity contribution in [1.82, 2.24) is 14.6 Å². The van der Waals surface area contributed by atoms with Crippen LogP contribution in [-0.2, 0) is 16.0 Å². The van der Waals surface area contributed by atoms with E-state index in [9.17, 15) is 9.59 Å². The molecule has 0 radical (unpaired) electrons. The van der Waals surface area contributed by atoms with E-state index in [0.717, 1.165) is 31.1 Å².